The maximum Gasteiger partial charge on any atom is 0.0662 e. The summed E-state index contributed by atoms with van der Waals surface area (Å²) in [4.78, 5) is 0. The van der Waals surface area contributed by atoms with Gasteiger partial charge in [-0.15, -0.1) is 11.6 Å². The molecular formula is C19H28ClN3. The topological polar surface area (TPSA) is 27.6 Å². The predicted octanol–water partition coefficient (Wildman–Crippen LogP) is 4.56. The van der Waals surface area contributed by atoms with Crippen LogP contribution in [0.15, 0.2) is 58.9 Å². The van der Waals surface area contributed by atoms with E-state index in [0.29, 0.717) is 5.88 Å². The number of nitrogens with one attached hydrogen (secondary N) is 1. The molecule has 3 nitrogen and oxygen atoms in total. The Morgan fingerprint density at radius 2 is 1.96 bits per heavy atom. The van der Waals surface area contributed by atoms with Gasteiger partial charge >= 0.3 is 0 Å². The average Bonchev–Trinajstić information content (AvgIpc) is 2.56. The number of hydrazone groups is 1. The number of rotatable bonds is 9. The van der Waals surface area contributed by atoms with Crippen molar-refractivity contribution in [3.05, 3.63) is 59.3 Å². The highest BCUT2D eigenvalue weighted by Gasteiger charge is 2.10. The van der Waals surface area contributed by atoms with E-state index in [-0.39, 0.29) is 0 Å². The molecule has 4 heteroatoms. The molecule has 0 bridgehead atoms. The second-order valence-electron chi connectivity index (χ2n) is 5.40. The summed E-state index contributed by atoms with van der Waals surface area (Å²) >= 11 is 5.80. The van der Waals surface area contributed by atoms with Gasteiger partial charge in [-0.25, -0.2) is 0 Å². The minimum Gasteiger partial charge on any atom is -0.319 e. The van der Waals surface area contributed by atoms with Gasteiger partial charge in [0.2, 0.25) is 0 Å². The van der Waals surface area contributed by atoms with Gasteiger partial charge in [0.05, 0.1) is 12.3 Å². The first-order chi connectivity index (χ1) is 11.1. The zero-order valence-electron chi connectivity index (χ0n) is 14.6. The second kappa shape index (κ2) is 11.0. The summed E-state index contributed by atoms with van der Waals surface area (Å²) in [6.45, 7) is 7.83. The van der Waals surface area contributed by atoms with Gasteiger partial charge in [0.25, 0.3) is 0 Å². The highest BCUT2D eigenvalue weighted by Crippen LogP contribution is 2.16. The van der Waals surface area contributed by atoms with E-state index in [0.717, 1.165) is 30.8 Å². The first-order valence-electron chi connectivity index (χ1n) is 8.01. The quantitative estimate of drug-likeness (QED) is 0.407. The largest absolute Gasteiger partial charge is 0.319 e. The van der Waals surface area contributed by atoms with Crippen molar-refractivity contribution in [2.24, 2.45) is 5.10 Å². The van der Waals surface area contributed by atoms with Gasteiger partial charge in [-0.2, -0.15) is 5.10 Å². The van der Waals surface area contributed by atoms with Crippen LogP contribution < -0.4 is 5.32 Å². The Balaban J connectivity index is 3.04. The lowest BCUT2D eigenvalue weighted by molar-refractivity contribution is 0.341. The van der Waals surface area contributed by atoms with Gasteiger partial charge in [0.1, 0.15) is 0 Å². The SMILES string of the molecule is C/C=C(\CCNC)N(Cc1ccccc1)/N=C(C)/C(C)=C/CCl. The molecule has 0 aliphatic heterocycles. The molecule has 0 spiro atoms. The Bertz CT molecular complexity index is 547. The third-order valence-electron chi connectivity index (χ3n) is 3.70. The molecule has 126 valence electrons. The maximum absolute atomic E-state index is 5.80. The first-order valence-corrected chi connectivity index (χ1v) is 8.55. The lowest BCUT2D eigenvalue weighted by Gasteiger charge is -2.24. The highest BCUT2D eigenvalue weighted by atomic mass is 35.5. The van der Waals surface area contributed by atoms with Crippen LogP contribution in [0.2, 0.25) is 0 Å². The van der Waals surface area contributed by atoms with Gasteiger partial charge < -0.3 is 5.32 Å². The van der Waals surface area contributed by atoms with E-state index in [1.807, 2.05) is 33.0 Å². The van der Waals surface area contributed by atoms with Gasteiger partial charge in [-0.1, -0.05) is 42.5 Å². The van der Waals surface area contributed by atoms with E-state index in [1.54, 1.807) is 0 Å². The molecule has 0 saturated heterocycles. The fourth-order valence-corrected chi connectivity index (χ4v) is 2.39. The van der Waals surface area contributed by atoms with Gasteiger partial charge in [-0.05, 0) is 39.0 Å². The standard InChI is InChI=1S/C19H28ClN3/c1-5-19(12-14-21-4)23(15-18-9-7-6-8-10-18)22-17(3)16(2)11-13-20/h5-11,21H,12-15H2,1-4H3/b16-11+,19-5+,22-17+. The number of alkyl halides is 1. The van der Waals surface area contributed by atoms with E-state index in [1.165, 1.54) is 11.3 Å². The number of allylic oxidation sites excluding steroid dienone is 3. The number of nitrogens with zero attached hydrogens (tertiary/aromatic N) is 2. The molecule has 0 unspecified atom stereocenters. The third kappa shape index (κ3) is 7.02. The number of hydrogen-bond donors (Lipinski definition) is 1. The molecule has 1 rings (SSSR count). The molecule has 23 heavy (non-hydrogen) atoms. The molecule has 0 aromatic heterocycles. The first kappa shape index (κ1) is 19.5. The minimum absolute atomic E-state index is 0.508. The number of hydrogen-bond acceptors (Lipinski definition) is 3. The van der Waals surface area contributed by atoms with E-state index >= 15 is 0 Å². The zero-order chi connectivity index (χ0) is 17.1. The van der Waals surface area contributed by atoms with Crippen LogP contribution in [0.3, 0.4) is 0 Å². The van der Waals surface area contributed by atoms with Crippen molar-refractivity contribution in [1.29, 1.82) is 0 Å². The zero-order valence-corrected chi connectivity index (χ0v) is 15.4. The average molecular weight is 334 g/mol. The Morgan fingerprint density at radius 1 is 1.26 bits per heavy atom. The Morgan fingerprint density at radius 3 is 2.52 bits per heavy atom. The maximum atomic E-state index is 5.80. The fourth-order valence-electron chi connectivity index (χ4n) is 2.16. The molecule has 0 aliphatic carbocycles. The summed E-state index contributed by atoms with van der Waals surface area (Å²) < 4.78 is 0. The van der Waals surface area contributed by atoms with Crippen molar-refractivity contribution in [2.75, 3.05) is 19.5 Å². The molecule has 1 aromatic rings. The molecule has 0 atom stereocenters. The van der Waals surface area contributed by atoms with Crippen LogP contribution in [0, 0.1) is 0 Å². The molecule has 0 saturated carbocycles. The van der Waals surface area contributed by atoms with Crippen LogP contribution in [-0.2, 0) is 6.54 Å². The molecule has 1 aromatic carbocycles. The van der Waals surface area contributed by atoms with Crippen LogP contribution in [0.5, 0.6) is 0 Å². The lowest BCUT2D eigenvalue weighted by Crippen LogP contribution is -2.21. The van der Waals surface area contributed by atoms with Crippen LogP contribution in [0.4, 0.5) is 0 Å². The van der Waals surface area contributed by atoms with Crippen molar-refractivity contribution in [1.82, 2.24) is 10.3 Å². The Kier molecular flexibility index (Phi) is 9.34. The third-order valence-corrected chi connectivity index (χ3v) is 3.85. The molecular weight excluding hydrogens is 306 g/mol. The number of benzene rings is 1. The fraction of sp³-hybridized carbons (Fsp3) is 0.421. The van der Waals surface area contributed by atoms with Crippen molar-refractivity contribution in [3.8, 4) is 0 Å². The van der Waals surface area contributed by atoms with Crippen LogP contribution in [0.25, 0.3) is 0 Å². The molecule has 0 fully saturated rings. The van der Waals surface area contributed by atoms with Crippen molar-refractivity contribution >= 4 is 17.3 Å². The van der Waals surface area contributed by atoms with Crippen molar-refractivity contribution in [3.63, 3.8) is 0 Å². The normalized spacial score (nSPS) is 13.3. The summed E-state index contributed by atoms with van der Waals surface area (Å²) in [6.07, 6.45) is 5.07. The predicted molar refractivity (Wildman–Crippen MR) is 102 cm³/mol. The van der Waals surface area contributed by atoms with Gasteiger partial charge in [-0.3, -0.25) is 5.01 Å². The molecule has 0 radical (unpaired) electrons. The smallest absolute Gasteiger partial charge is 0.0662 e. The van der Waals surface area contributed by atoms with Crippen LogP contribution in [0.1, 0.15) is 32.8 Å². The van der Waals surface area contributed by atoms with Gasteiger partial charge in [0.15, 0.2) is 0 Å². The lowest BCUT2D eigenvalue weighted by atomic mass is 10.2. The van der Waals surface area contributed by atoms with Crippen LogP contribution >= 0.6 is 11.6 Å². The molecule has 0 heterocycles. The minimum atomic E-state index is 0.508. The molecule has 1 N–H and O–H groups in total. The van der Waals surface area contributed by atoms with Crippen LogP contribution in [-0.4, -0.2) is 30.2 Å². The number of halogens is 1. The molecule has 0 aliphatic rings. The summed E-state index contributed by atoms with van der Waals surface area (Å²) in [5, 5.41) is 10.1. The van der Waals surface area contributed by atoms with E-state index in [4.69, 9.17) is 16.7 Å². The highest BCUT2D eigenvalue weighted by molar-refractivity contribution is 6.19. The summed E-state index contributed by atoms with van der Waals surface area (Å²) in [5.41, 5.74) is 4.56. The molecule has 0 amide bonds. The summed E-state index contributed by atoms with van der Waals surface area (Å²) in [6, 6.07) is 10.4. The summed E-state index contributed by atoms with van der Waals surface area (Å²) in [7, 11) is 1.97. The second-order valence-corrected chi connectivity index (χ2v) is 5.71. The van der Waals surface area contributed by atoms with E-state index in [9.17, 15) is 0 Å². The van der Waals surface area contributed by atoms with Crippen molar-refractivity contribution < 1.29 is 0 Å². The van der Waals surface area contributed by atoms with Gasteiger partial charge in [0, 0.05) is 24.5 Å². The Labute approximate surface area is 145 Å². The van der Waals surface area contributed by atoms with Crippen molar-refractivity contribution in [2.45, 2.75) is 33.7 Å². The Hall–Kier alpha value is -1.58. The van der Waals surface area contributed by atoms with E-state index in [2.05, 4.69) is 47.6 Å². The summed E-state index contributed by atoms with van der Waals surface area (Å²) in [5.74, 6) is 0.508. The van der Waals surface area contributed by atoms with E-state index < -0.39 is 0 Å². The monoisotopic (exact) mass is 333 g/mol.